The Balaban J connectivity index is 1.36. The highest BCUT2D eigenvalue weighted by Crippen LogP contribution is 2.14. The summed E-state index contributed by atoms with van der Waals surface area (Å²) in [7, 11) is 0. The van der Waals surface area contributed by atoms with Crippen LogP contribution in [0, 0.1) is 5.82 Å². The van der Waals surface area contributed by atoms with Gasteiger partial charge in [-0.2, -0.15) is 0 Å². The van der Waals surface area contributed by atoms with Crippen molar-refractivity contribution >= 4 is 5.91 Å². The number of hydrogen-bond acceptors (Lipinski definition) is 4. The number of nitrogens with one attached hydrogen (secondary N) is 1. The number of halogens is 1. The van der Waals surface area contributed by atoms with Gasteiger partial charge >= 0.3 is 0 Å². The Kier molecular flexibility index (Phi) is 4.36. The molecule has 0 saturated carbocycles. The molecule has 6 heteroatoms. The fourth-order valence-electron chi connectivity index (χ4n) is 2.55. The summed E-state index contributed by atoms with van der Waals surface area (Å²) in [5.74, 6) is 0.143. The molecule has 114 valence electrons. The summed E-state index contributed by atoms with van der Waals surface area (Å²) in [6.45, 7) is 2.99. The molecule has 2 aliphatic rings. The summed E-state index contributed by atoms with van der Waals surface area (Å²) in [5.41, 5.74) is 0. The first-order valence-electron chi connectivity index (χ1n) is 7.20. The van der Waals surface area contributed by atoms with Crippen LogP contribution in [0.3, 0.4) is 0 Å². The fraction of sp³-hybridized carbons (Fsp3) is 0.533. The van der Waals surface area contributed by atoms with Crippen LogP contribution in [0.5, 0.6) is 5.75 Å². The molecule has 0 radical (unpaired) electrons. The molecule has 1 aromatic rings. The minimum absolute atomic E-state index is 0.00904. The molecule has 2 aliphatic heterocycles. The quantitative estimate of drug-likeness (QED) is 0.872. The van der Waals surface area contributed by atoms with Crippen molar-refractivity contribution in [1.82, 2.24) is 10.2 Å². The molecular formula is C15H19FN2O3. The number of rotatable bonds is 5. The van der Waals surface area contributed by atoms with Gasteiger partial charge in [-0.05, 0) is 30.7 Å². The summed E-state index contributed by atoms with van der Waals surface area (Å²) in [6.07, 6.45) is 1.04. The molecule has 1 atom stereocenters. The van der Waals surface area contributed by atoms with Crippen LogP contribution >= 0.6 is 0 Å². The second-order valence-electron chi connectivity index (χ2n) is 5.47. The van der Waals surface area contributed by atoms with E-state index in [1.165, 1.54) is 24.3 Å². The van der Waals surface area contributed by atoms with Crippen molar-refractivity contribution in [3.8, 4) is 5.75 Å². The topological polar surface area (TPSA) is 50.8 Å². The molecule has 5 nitrogen and oxygen atoms in total. The smallest absolute Gasteiger partial charge is 0.260 e. The Hall–Kier alpha value is -1.66. The van der Waals surface area contributed by atoms with E-state index < -0.39 is 0 Å². The number of likely N-dealkylation sites (tertiary alicyclic amines) is 1. The van der Waals surface area contributed by atoms with E-state index in [1.54, 1.807) is 4.90 Å². The lowest BCUT2D eigenvalue weighted by molar-refractivity contribution is -0.138. The lowest BCUT2D eigenvalue weighted by atomic mass is 10.1. The molecule has 2 saturated heterocycles. The minimum atomic E-state index is -0.318. The largest absolute Gasteiger partial charge is 0.484 e. The maximum absolute atomic E-state index is 12.7. The summed E-state index contributed by atoms with van der Waals surface area (Å²) in [6, 6.07) is 6.43. The van der Waals surface area contributed by atoms with E-state index in [0.717, 1.165) is 19.6 Å². The van der Waals surface area contributed by atoms with Crippen LogP contribution in [0.2, 0.25) is 0 Å². The van der Waals surface area contributed by atoms with Gasteiger partial charge < -0.3 is 19.7 Å². The predicted molar refractivity (Wildman–Crippen MR) is 74.6 cm³/mol. The molecule has 21 heavy (non-hydrogen) atoms. The minimum Gasteiger partial charge on any atom is -0.484 e. The van der Waals surface area contributed by atoms with Crippen LogP contribution in [0.25, 0.3) is 0 Å². The van der Waals surface area contributed by atoms with E-state index in [4.69, 9.17) is 9.47 Å². The van der Waals surface area contributed by atoms with E-state index in [1.807, 2.05) is 0 Å². The van der Waals surface area contributed by atoms with Crippen molar-refractivity contribution in [1.29, 1.82) is 0 Å². The molecule has 1 aromatic carbocycles. The zero-order valence-electron chi connectivity index (χ0n) is 11.8. The molecule has 3 rings (SSSR count). The number of ether oxygens (including phenoxy) is 2. The maximum atomic E-state index is 12.7. The molecule has 1 amide bonds. The zero-order chi connectivity index (χ0) is 14.7. The number of carbonyl (C=O) groups is 1. The molecule has 0 bridgehead atoms. The highest BCUT2D eigenvalue weighted by molar-refractivity contribution is 5.78. The van der Waals surface area contributed by atoms with E-state index in [2.05, 4.69) is 5.32 Å². The van der Waals surface area contributed by atoms with Crippen LogP contribution in [-0.2, 0) is 9.53 Å². The average Bonchev–Trinajstić information content (AvgIpc) is 2.94. The van der Waals surface area contributed by atoms with Crippen molar-refractivity contribution in [2.45, 2.75) is 18.5 Å². The second kappa shape index (κ2) is 6.41. The average molecular weight is 294 g/mol. The number of benzene rings is 1. The molecule has 2 heterocycles. The molecule has 1 unspecified atom stereocenters. The zero-order valence-corrected chi connectivity index (χ0v) is 11.8. The van der Waals surface area contributed by atoms with Crippen molar-refractivity contribution in [2.75, 3.05) is 32.9 Å². The van der Waals surface area contributed by atoms with E-state index >= 15 is 0 Å². The molecular weight excluding hydrogens is 275 g/mol. The third-order valence-corrected chi connectivity index (χ3v) is 3.81. The van der Waals surface area contributed by atoms with Crippen molar-refractivity contribution in [3.05, 3.63) is 30.1 Å². The van der Waals surface area contributed by atoms with Gasteiger partial charge in [-0.25, -0.2) is 4.39 Å². The SMILES string of the molecule is O=C(COc1ccc(F)cc1)N1CC(NC2CCOC2)C1. The van der Waals surface area contributed by atoms with Crippen LogP contribution in [0.4, 0.5) is 4.39 Å². The van der Waals surface area contributed by atoms with Crippen molar-refractivity contribution in [2.24, 2.45) is 0 Å². The van der Waals surface area contributed by atoms with Crippen molar-refractivity contribution < 1.29 is 18.7 Å². The van der Waals surface area contributed by atoms with Crippen molar-refractivity contribution in [3.63, 3.8) is 0 Å². The Bertz CT molecular complexity index is 482. The Morgan fingerprint density at radius 2 is 2.10 bits per heavy atom. The third kappa shape index (κ3) is 3.71. The maximum Gasteiger partial charge on any atom is 0.260 e. The van der Waals surface area contributed by atoms with Gasteiger partial charge in [-0.1, -0.05) is 0 Å². The van der Waals surface area contributed by atoms with Gasteiger partial charge in [0.15, 0.2) is 6.61 Å². The van der Waals surface area contributed by atoms with Gasteiger partial charge in [0, 0.05) is 31.8 Å². The molecule has 0 spiro atoms. The van der Waals surface area contributed by atoms with Crippen LogP contribution < -0.4 is 10.1 Å². The number of nitrogens with zero attached hydrogens (tertiary/aromatic N) is 1. The molecule has 1 N–H and O–H groups in total. The monoisotopic (exact) mass is 294 g/mol. The molecule has 2 fully saturated rings. The second-order valence-corrected chi connectivity index (χ2v) is 5.47. The number of hydrogen-bond donors (Lipinski definition) is 1. The highest BCUT2D eigenvalue weighted by atomic mass is 19.1. The Labute approximate surface area is 123 Å². The predicted octanol–water partition coefficient (Wildman–Crippen LogP) is 0.794. The number of carbonyl (C=O) groups excluding carboxylic acids is 1. The van der Waals surface area contributed by atoms with E-state index in [-0.39, 0.29) is 18.3 Å². The summed E-state index contributed by atoms with van der Waals surface area (Å²) < 4.78 is 23.4. The van der Waals surface area contributed by atoms with Gasteiger partial charge in [-0.3, -0.25) is 4.79 Å². The van der Waals surface area contributed by atoms with Gasteiger partial charge in [-0.15, -0.1) is 0 Å². The van der Waals surface area contributed by atoms with Crippen LogP contribution in [-0.4, -0.2) is 55.8 Å². The highest BCUT2D eigenvalue weighted by Gasteiger charge is 2.32. The lowest BCUT2D eigenvalue weighted by Crippen LogP contribution is -2.62. The Morgan fingerprint density at radius 3 is 2.76 bits per heavy atom. The first kappa shape index (κ1) is 14.3. The Morgan fingerprint density at radius 1 is 1.33 bits per heavy atom. The van der Waals surface area contributed by atoms with Gasteiger partial charge in [0.1, 0.15) is 11.6 Å². The first-order chi connectivity index (χ1) is 10.2. The van der Waals surface area contributed by atoms with Gasteiger partial charge in [0.25, 0.3) is 5.91 Å². The molecule has 0 aliphatic carbocycles. The standard InChI is InChI=1S/C15H19FN2O3/c16-11-1-3-14(4-2-11)21-10-15(19)18-7-13(8-18)17-12-5-6-20-9-12/h1-4,12-13,17H,5-10H2. The summed E-state index contributed by atoms with van der Waals surface area (Å²) in [4.78, 5) is 13.7. The van der Waals surface area contributed by atoms with Gasteiger partial charge in [0.2, 0.25) is 0 Å². The molecule has 0 aromatic heterocycles. The lowest BCUT2D eigenvalue weighted by Gasteiger charge is -2.40. The first-order valence-corrected chi connectivity index (χ1v) is 7.20. The summed E-state index contributed by atoms with van der Waals surface area (Å²) >= 11 is 0. The van der Waals surface area contributed by atoms with Crippen LogP contribution in [0.1, 0.15) is 6.42 Å². The normalized spacial score (nSPS) is 22.1. The summed E-state index contributed by atoms with van der Waals surface area (Å²) in [5, 5.41) is 3.48. The fourth-order valence-corrected chi connectivity index (χ4v) is 2.55. The van der Waals surface area contributed by atoms with E-state index in [0.29, 0.717) is 30.9 Å². The van der Waals surface area contributed by atoms with E-state index in [9.17, 15) is 9.18 Å². The van der Waals surface area contributed by atoms with Gasteiger partial charge in [0.05, 0.1) is 6.61 Å². The number of amides is 1. The third-order valence-electron chi connectivity index (χ3n) is 3.81. The van der Waals surface area contributed by atoms with Crippen LogP contribution in [0.15, 0.2) is 24.3 Å².